The number of amidine groups is 1. The van der Waals surface area contributed by atoms with E-state index in [1.807, 2.05) is 18.2 Å². The van der Waals surface area contributed by atoms with Gasteiger partial charge in [-0.2, -0.15) is 0 Å². The van der Waals surface area contributed by atoms with Gasteiger partial charge >= 0.3 is 0 Å². The summed E-state index contributed by atoms with van der Waals surface area (Å²) in [6.45, 7) is 2.21. The van der Waals surface area contributed by atoms with Gasteiger partial charge in [-0.3, -0.25) is 0 Å². The van der Waals surface area contributed by atoms with E-state index in [1.165, 1.54) is 16.3 Å². The molecular weight excluding hydrogens is 745 g/mol. The van der Waals surface area contributed by atoms with Gasteiger partial charge in [0.05, 0.1) is 11.4 Å². The average Bonchev–Trinajstić information content (AvgIpc) is 3.90. The highest BCUT2D eigenvalue weighted by atomic mass is 16.3. The third kappa shape index (κ3) is 5.83. The van der Waals surface area contributed by atoms with Gasteiger partial charge in [0.1, 0.15) is 22.3 Å². The van der Waals surface area contributed by atoms with Crippen LogP contribution in [-0.4, -0.2) is 11.5 Å². The van der Waals surface area contributed by atoms with E-state index in [0.717, 1.165) is 118 Å². The van der Waals surface area contributed by atoms with Crippen molar-refractivity contribution < 1.29 is 8.83 Å². The smallest absolute Gasteiger partial charge is 0.160 e. The monoisotopic (exact) mass is 782 g/mol. The topological polar surface area (TPSA) is 51.0 Å². The molecule has 3 heterocycles. The number of benzene rings is 9. The van der Waals surface area contributed by atoms with E-state index in [2.05, 4.69) is 177 Å². The molecule has 0 N–H and O–H groups in total. The van der Waals surface area contributed by atoms with Crippen molar-refractivity contribution in [3.63, 3.8) is 0 Å². The molecule has 61 heavy (non-hydrogen) atoms. The molecule has 0 aliphatic carbocycles. The summed E-state index contributed by atoms with van der Waals surface area (Å²) in [6.07, 6.45) is 1.57. The molecule has 0 saturated heterocycles. The van der Waals surface area contributed by atoms with E-state index < -0.39 is 0 Å². The molecule has 0 amide bonds. The van der Waals surface area contributed by atoms with E-state index in [-0.39, 0.29) is 0 Å². The van der Waals surface area contributed by atoms with E-state index in [4.69, 9.17) is 18.8 Å². The van der Waals surface area contributed by atoms with Gasteiger partial charge in [-0.25, -0.2) is 9.98 Å². The first-order chi connectivity index (χ1) is 30.2. The average molecular weight is 783 g/mol. The first-order valence-electron chi connectivity index (χ1n) is 20.9. The van der Waals surface area contributed by atoms with Gasteiger partial charge in [-0.15, -0.1) is 0 Å². The molecule has 288 valence electrons. The van der Waals surface area contributed by atoms with Crippen LogP contribution in [0.5, 0.6) is 0 Å². The van der Waals surface area contributed by atoms with Crippen LogP contribution in [0.25, 0.3) is 93.4 Å². The Morgan fingerprint density at radius 2 is 1.02 bits per heavy atom. The lowest BCUT2D eigenvalue weighted by Gasteiger charge is -2.18. The van der Waals surface area contributed by atoms with Crippen LogP contribution in [0, 0.1) is 0 Å². The first-order valence-corrected chi connectivity index (χ1v) is 20.9. The van der Waals surface area contributed by atoms with Crippen molar-refractivity contribution in [2.75, 3.05) is 0 Å². The Hall–Kier alpha value is -7.82. The molecule has 0 bridgehead atoms. The Morgan fingerprint density at radius 1 is 0.393 bits per heavy atom. The molecule has 4 nitrogen and oxygen atoms in total. The molecule has 0 fully saturated rings. The molecule has 1 aliphatic heterocycles. The molecule has 11 aromatic rings. The normalized spacial score (nSPS) is 16.5. The molecule has 12 rings (SSSR count). The fourth-order valence-corrected chi connectivity index (χ4v) is 9.40. The maximum atomic E-state index is 6.70. The third-order valence-electron chi connectivity index (χ3n) is 12.4. The number of hydrogen-bond acceptors (Lipinski definition) is 4. The number of para-hydroxylation sites is 3. The molecule has 0 unspecified atom stereocenters. The fourth-order valence-electron chi connectivity index (χ4n) is 9.40. The van der Waals surface area contributed by atoms with E-state index >= 15 is 0 Å². The SMILES string of the molecule is C/C1=C(c2cccc3c2oc2ccccc23)/N=C(c2ccc(-c3cccc4oc5c(-c6ccccc6)cccc5c34)c3ccccc23)\N=C(\c2ccc3ccccc3c2)CC1. The van der Waals surface area contributed by atoms with Gasteiger partial charge in [0.25, 0.3) is 0 Å². The molecular formula is C57H38N2O2. The Kier molecular flexibility index (Phi) is 8.17. The number of allylic oxidation sites excluding steroid dienone is 1. The molecule has 2 aromatic heterocycles. The Balaban J connectivity index is 1.08. The number of aliphatic imine (C=N–C) groups is 2. The van der Waals surface area contributed by atoms with Crippen LogP contribution in [0.4, 0.5) is 0 Å². The maximum Gasteiger partial charge on any atom is 0.160 e. The van der Waals surface area contributed by atoms with Crippen molar-refractivity contribution in [3.8, 4) is 22.3 Å². The number of nitrogens with zero attached hydrogens (tertiary/aromatic N) is 2. The van der Waals surface area contributed by atoms with Crippen LogP contribution in [0.2, 0.25) is 0 Å². The zero-order valence-electron chi connectivity index (χ0n) is 33.5. The molecule has 0 spiro atoms. The summed E-state index contributed by atoms with van der Waals surface area (Å²) < 4.78 is 13.3. The summed E-state index contributed by atoms with van der Waals surface area (Å²) in [7, 11) is 0. The lowest BCUT2D eigenvalue weighted by atomic mass is 9.91. The standard InChI is InChI=1S/C57H38N2O2/c1-35-28-33-50(39-30-29-36-14-5-6-17-38(36)34-39)58-57(59-54(35)49-25-12-23-46-44-20-9-10-26-51(44)60-56(46)49)47-32-31-43(41-18-7-8-19-42(41)47)45-22-13-27-52-53(45)48-24-11-21-40(55(48)61-52)37-15-3-2-4-16-37/h2-27,29-32,34H,28,33H2,1H3/b54-35-,58-50+,59-57-. The van der Waals surface area contributed by atoms with Crippen LogP contribution >= 0.6 is 0 Å². The van der Waals surface area contributed by atoms with Crippen molar-refractivity contribution in [2.24, 2.45) is 9.98 Å². The van der Waals surface area contributed by atoms with Gasteiger partial charge in [0.2, 0.25) is 0 Å². The third-order valence-corrected chi connectivity index (χ3v) is 12.4. The Morgan fingerprint density at radius 3 is 1.89 bits per heavy atom. The van der Waals surface area contributed by atoms with Gasteiger partial charge in [-0.1, -0.05) is 158 Å². The number of rotatable bonds is 5. The molecule has 0 saturated carbocycles. The predicted octanol–water partition coefficient (Wildman–Crippen LogP) is 15.6. The highest BCUT2D eigenvalue weighted by molar-refractivity contribution is 6.23. The maximum absolute atomic E-state index is 6.70. The molecule has 0 atom stereocenters. The number of hydrogen-bond donors (Lipinski definition) is 0. The summed E-state index contributed by atoms with van der Waals surface area (Å²) in [4.78, 5) is 11.2. The largest absolute Gasteiger partial charge is 0.455 e. The van der Waals surface area contributed by atoms with Crippen LogP contribution in [0.1, 0.15) is 36.5 Å². The predicted molar refractivity (Wildman–Crippen MR) is 255 cm³/mol. The van der Waals surface area contributed by atoms with Crippen LogP contribution in [0.15, 0.2) is 212 Å². The van der Waals surface area contributed by atoms with Gasteiger partial charge in [0, 0.05) is 38.2 Å². The molecule has 0 radical (unpaired) electrons. The van der Waals surface area contributed by atoms with Crippen molar-refractivity contribution in [1.29, 1.82) is 0 Å². The fraction of sp³-hybridized carbons (Fsp3) is 0.0526. The van der Waals surface area contributed by atoms with Gasteiger partial charge < -0.3 is 8.83 Å². The quantitative estimate of drug-likeness (QED) is 0.175. The second-order valence-electron chi connectivity index (χ2n) is 16.0. The molecule has 4 heteroatoms. The summed E-state index contributed by atoms with van der Waals surface area (Å²) >= 11 is 0. The highest BCUT2D eigenvalue weighted by Gasteiger charge is 2.23. The molecule has 1 aliphatic rings. The van der Waals surface area contributed by atoms with E-state index in [1.54, 1.807) is 0 Å². The van der Waals surface area contributed by atoms with Crippen molar-refractivity contribution in [3.05, 3.63) is 210 Å². The van der Waals surface area contributed by atoms with E-state index in [0.29, 0.717) is 5.84 Å². The Labute approximate surface area is 352 Å². The van der Waals surface area contributed by atoms with Gasteiger partial charge in [-0.05, 0) is 99.5 Å². The minimum atomic E-state index is 0.674. The summed E-state index contributed by atoms with van der Waals surface area (Å²) in [5, 5.41) is 8.99. The van der Waals surface area contributed by atoms with Crippen LogP contribution in [-0.2, 0) is 0 Å². The van der Waals surface area contributed by atoms with Gasteiger partial charge in [0.15, 0.2) is 5.84 Å². The molecule has 9 aromatic carbocycles. The lowest BCUT2D eigenvalue weighted by Crippen LogP contribution is -2.11. The van der Waals surface area contributed by atoms with Crippen LogP contribution in [0.3, 0.4) is 0 Å². The minimum absolute atomic E-state index is 0.674. The summed E-state index contributed by atoms with van der Waals surface area (Å²) in [6, 6.07) is 66.3. The van der Waals surface area contributed by atoms with Crippen molar-refractivity contribution >= 4 is 82.7 Å². The second-order valence-corrected chi connectivity index (χ2v) is 16.0. The first kappa shape index (κ1) is 35.2. The summed E-state index contributed by atoms with van der Waals surface area (Å²) in [5.74, 6) is 0.674. The number of furan rings is 2. The minimum Gasteiger partial charge on any atom is -0.455 e. The number of fused-ring (bicyclic) bond motifs is 8. The zero-order valence-corrected chi connectivity index (χ0v) is 33.5. The van der Waals surface area contributed by atoms with E-state index in [9.17, 15) is 0 Å². The second kappa shape index (κ2) is 14.2. The zero-order chi connectivity index (χ0) is 40.4. The lowest BCUT2D eigenvalue weighted by molar-refractivity contribution is 0.667. The summed E-state index contributed by atoms with van der Waals surface area (Å²) in [5.41, 5.74) is 14.1. The van der Waals surface area contributed by atoms with Crippen LogP contribution < -0.4 is 0 Å². The van der Waals surface area contributed by atoms with Crippen molar-refractivity contribution in [2.45, 2.75) is 19.8 Å². The Bertz CT molecular complexity index is 3660. The van der Waals surface area contributed by atoms with Crippen molar-refractivity contribution in [1.82, 2.24) is 0 Å². The highest BCUT2D eigenvalue weighted by Crippen LogP contribution is 2.43.